The number of rotatable bonds is 5. The van der Waals surface area contributed by atoms with Gasteiger partial charge in [0.2, 0.25) is 10.0 Å². The van der Waals surface area contributed by atoms with Crippen LogP contribution in [0.15, 0.2) is 41.7 Å². The molecule has 27 heavy (non-hydrogen) atoms. The largest absolute Gasteiger partial charge is 0.349 e. The average molecular weight is 391 g/mol. The minimum atomic E-state index is -3.79. The van der Waals surface area contributed by atoms with E-state index in [0.717, 1.165) is 12.8 Å². The zero-order chi connectivity index (χ0) is 19.6. The summed E-state index contributed by atoms with van der Waals surface area (Å²) in [4.78, 5) is 28.4. The second-order valence-electron chi connectivity index (χ2n) is 6.61. The lowest BCUT2D eigenvalue weighted by molar-refractivity contribution is 0.0929. The Morgan fingerprint density at radius 2 is 1.70 bits per heavy atom. The first-order valence-electron chi connectivity index (χ1n) is 8.45. The molecule has 1 aromatic heterocycles. The Bertz CT molecular complexity index is 952. The number of amides is 2. The second kappa shape index (κ2) is 7.49. The number of imidazole rings is 1. The molecule has 1 aliphatic carbocycles. The number of carbonyl (C=O) groups excluding carboxylic acids is 2. The van der Waals surface area contributed by atoms with Crippen LogP contribution in [0.3, 0.4) is 0 Å². The minimum absolute atomic E-state index is 0.0255. The molecule has 10 heteroatoms. The highest BCUT2D eigenvalue weighted by Gasteiger charge is 2.28. The third-order valence-corrected chi connectivity index (χ3v) is 5.53. The second-order valence-corrected chi connectivity index (χ2v) is 8.17. The molecular formula is C17H21N5O4S. The smallest absolute Gasteiger partial charge is 0.269 e. The van der Waals surface area contributed by atoms with Gasteiger partial charge in [-0.3, -0.25) is 9.59 Å². The van der Waals surface area contributed by atoms with Crippen molar-refractivity contribution in [2.75, 3.05) is 0 Å². The monoisotopic (exact) mass is 391 g/mol. The van der Waals surface area contributed by atoms with E-state index in [-0.39, 0.29) is 28.8 Å². The van der Waals surface area contributed by atoms with Gasteiger partial charge in [-0.15, -0.1) is 0 Å². The van der Waals surface area contributed by atoms with E-state index in [1.165, 1.54) is 30.5 Å². The number of hydrogen-bond acceptors (Lipinski definition) is 5. The predicted molar refractivity (Wildman–Crippen MR) is 97.4 cm³/mol. The fourth-order valence-corrected chi connectivity index (χ4v) is 3.66. The van der Waals surface area contributed by atoms with Gasteiger partial charge in [0.1, 0.15) is 5.69 Å². The van der Waals surface area contributed by atoms with Gasteiger partial charge in [0.25, 0.3) is 11.8 Å². The summed E-state index contributed by atoms with van der Waals surface area (Å²) in [5.74, 6) is -0.481. The molecule has 0 bridgehead atoms. The lowest BCUT2D eigenvalue weighted by atomic mass is 10.1. The molecule has 1 saturated carbocycles. The molecule has 9 nitrogen and oxygen atoms in total. The number of nitrogens with one attached hydrogen (secondary N) is 2. The summed E-state index contributed by atoms with van der Waals surface area (Å²) in [7, 11) is -2.04. The maximum absolute atomic E-state index is 12.3. The fraction of sp³-hybridized carbons (Fsp3) is 0.353. The number of benzene rings is 1. The van der Waals surface area contributed by atoms with Gasteiger partial charge in [-0.05, 0) is 43.5 Å². The molecule has 1 fully saturated rings. The molecule has 0 saturated heterocycles. The van der Waals surface area contributed by atoms with E-state index in [9.17, 15) is 18.0 Å². The average Bonchev–Trinajstić information content (AvgIpc) is 3.23. The van der Waals surface area contributed by atoms with Crippen LogP contribution in [0, 0.1) is 0 Å². The van der Waals surface area contributed by atoms with Crippen LogP contribution in [-0.4, -0.2) is 41.9 Å². The minimum Gasteiger partial charge on any atom is -0.349 e. The van der Waals surface area contributed by atoms with Crippen LogP contribution in [0.4, 0.5) is 0 Å². The summed E-state index contributed by atoms with van der Waals surface area (Å²) in [6.45, 7) is 0. The van der Waals surface area contributed by atoms with Gasteiger partial charge in [-0.1, -0.05) is 0 Å². The molecule has 4 N–H and O–H groups in total. The molecule has 0 unspecified atom stereocenters. The normalized spacial score (nSPS) is 19.6. The maximum atomic E-state index is 12.3. The van der Waals surface area contributed by atoms with Crippen molar-refractivity contribution in [3.8, 4) is 0 Å². The Morgan fingerprint density at radius 3 is 2.22 bits per heavy atom. The lowest BCUT2D eigenvalue weighted by Crippen LogP contribution is -2.37. The molecule has 1 aromatic carbocycles. The zero-order valence-electron chi connectivity index (χ0n) is 14.8. The third kappa shape index (κ3) is 4.52. The van der Waals surface area contributed by atoms with Gasteiger partial charge in [-0.25, -0.2) is 18.5 Å². The lowest BCUT2D eigenvalue weighted by Gasteiger charge is -2.15. The van der Waals surface area contributed by atoms with Crippen LogP contribution in [0.25, 0.3) is 0 Å². The highest BCUT2D eigenvalue weighted by atomic mass is 32.2. The van der Waals surface area contributed by atoms with Crippen molar-refractivity contribution in [3.63, 3.8) is 0 Å². The summed E-state index contributed by atoms with van der Waals surface area (Å²) in [5, 5.41) is 10.9. The number of aromatic nitrogens is 2. The molecule has 1 aliphatic rings. The van der Waals surface area contributed by atoms with E-state index in [2.05, 4.69) is 15.6 Å². The third-order valence-electron chi connectivity index (χ3n) is 4.60. The Labute approximate surface area is 157 Å². The fourth-order valence-electron chi connectivity index (χ4n) is 3.14. The van der Waals surface area contributed by atoms with Crippen LogP contribution in [0.1, 0.15) is 40.1 Å². The summed E-state index contributed by atoms with van der Waals surface area (Å²) >= 11 is 0. The van der Waals surface area contributed by atoms with Crippen molar-refractivity contribution in [1.82, 2.24) is 20.2 Å². The molecule has 0 spiro atoms. The van der Waals surface area contributed by atoms with Crippen molar-refractivity contribution < 1.29 is 18.0 Å². The Balaban J connectivity index is 1.54. The van der Waals surface area contributed by atoms with Gasteiger partial charge in [0.15, 0.2) is 0 Å². The molecule has 2 amide bonds. The molecule has 144 valence electrons. The van der Waals surface area contributed by atoms with Gasteiger partial charge in [0, 0.05) is 24.7 Å². The van der Waals surface area contributed by atoms with E-state index in [1.807, 2.05) is 0 Å². The van der Waals surface area contributed by atoms with Crippen molar-refractivity contribution in [3.05, 3.63) is 48.0 Å². The summed E-state index contributed by atoms with van der Waals surface area (Å²) < 4.78 is 24.2. The van der Waals surface area contributed by atoms with Gasteiger partial charge in [0.05, 0.1) is 17.4 Å². The highest BCUT2D eigenvalue weighted by Crippen LogP contribution is 2.20. The SMILES string of the molecule is Cn1cncc1C(=O)N[C@@H]1CC[C@H](NC(=O)c2ccc(S(N)(=O)=O)cc2)C1. The molecule has 2 atom stereocenters. The first kappa shape index (κ1) is 19.1. The molecule has 0 aliphatic heterocycles. The Kier molecular flexibility index (Phi) is 5.29. The molecule has 3 rings (SSSR count). The Morgan fingerprint density at radius 1 is 1.11 bits per heavy atom. The van der Waals surface area contributed by atoms with E-state index >= 15 is 0 Å². The summed E-state index contributed by atoms with van der Waals surface area (Å²) in [6.07, 6.45) is 5.21. The van der Waals surface area contributed by atoms with E-state index in [0.29, 0.717) is 17.7 Å². The van der Waals surface area contributed by atoms with Gasteiger partial charge < -0.3 is 15.2 Å². The van der Waals surface area contributed by atoms with Crippen LogP contribution in [0.5, 0.6) is 0 Å². The van der Waals surface area contributed by atoms with Crippen LogP contribution in [0.2, 0.25) is 0 Å². The Hall–Kier alpha value is -2.72. The van der Waals surface area contributed by atoms with Crippen molar-refractivity contribution in [1.29, 1.82) is 0 Å². The van der Waals surface area contributed by atoms with Crippen LogP contribution < -0.4 is 15.8 Å². The zero-order valence-corrected chi connectivity index (χ0v) is 15.6. The number of carbonyl (C=O) groups is 2. The molecular weight excluding hydrogens is 370 g/mol. The van der Waals surface area contributed by atoms with E-state index in [4.69, 9.17) is 5.14 Å². The maximum Gasteiger partial charge on any atom is 0.269 e. The quantitative estimate of drug-likeness (QED) is 0.666. The molecule has 2 aromatic rings. The summed E-state index contributed by atoms with van der Waals surface area (Å²) in [5.41, 5.74) is 0.835. The van der Waals surface area contributed by atoms with Crippen molar-refractivity contribution in [2.45, 2.75) is 36.2 Å². The highest BCUT2D eigenvalue weighted by molar-refractivity contribution is 7.89. The van der Waals surface area contributed by atoms with Crippen LogP contribution >= 0.6 is 0 Å². The summed E-state index contributed by atoms with van der Waals surface area (Å²) in [6, 6.07) is 5.36. The number of nitrogens with two attached hydrogens (primary N) is 1. The number of sulfonamides is 1. The number of primary sulfonamides is 1. The topological polar surface area (TPSA) is 136 Å². The standard InChI is InChI=1S/C17H21N5O4S/c1-22-10-19-9-15(22)17(24)21-13-5-4-12(8-13)20-16(23)11-2-6-14(7-3-11)27(18,25)26/h2-3,6-7,9-10,12-13H,4-5,8H2,1H3,(H,20,23)(H,21,24)(H2,18,25,26)/t12-,13+/m0/s1. The van der Waals surface area contributed by atoms with Gasteiger partial charge in [-0.2, -0.15) is 0 Å². The number of hydrogen-bond donors (Lipinski definition) is 3. The molecule has 0 radical (unpaired) electrons. The number of nitrogens with zero attached hydrogens (tertiary/aromatic N) is 2. The first-order valence-corrected chi connectivity index (χ1v) is 9.99. The van der Waals surface area contributed by atoms with E-state index < -0.39 is 10.0 Å². The first-order chi connectivity index (χ1) is 12.7. The van der Waals surface area contributed by atoms with Crippen molar-refractivity contribution >= 4 is 21.8 Å². The number of aryl methyl sites for hydroxylation is 1. The van der Waals surface area contributed by atoms with Crippen molar-refractivity contribution in [2.24, 2.45) is 12.2 Å². The van der Waals surface area contributed by atoms with Crippen LogP contribution in [-0.2, 0) is 17.1 Å². The molecule has 1 heterocycles. The van der Waals surface area contributed by atoms with E-state index in [1.54, 1.807) is 17.9 Å². The predicted octanol–water partition coefficient (Wildman–Crippen LogP) is 0.148. The van der Waals surface area contributed by atoms with Gasteiger partial charge >= 0.3 is 0 Å².